The second-order valence-corrected chi connectivity index (χ2v) is 2.57. The SMILES string of the molecule is COC(=O)c1ccc(C#CC=O)c(F)c1. The van der Waals surface area contributed by atoms with Crippen LogP contribution in [0.5, 0.6) is 0 Å². The van der Waals surface area contributed by atoms with Gasteiger partial charge in [0.25, 0.3) is 0 Å². The maximum atomic E-state index is 13.2. The van der Waals surface area contributed by atoms with Gasteiger partial charge in [0.1, 0.15) is 5.82 Å². The molecular formula is C11H7FO3. The van der Waals surface area contributed by atoms with Crippen molar-refractivity contribution in [1.82, 2.24) is 0 Å². The third kappa shape index (κ3) is 2.64. The van der Waals surface area contributed by atoms with Crippen molar-refractivity contribution in [2.24, 2.45) is 0 Å². The molecule has 76 valence electrons. The zero-order chi connectivity index (χ0) is 11.3. The van der Waals surface area contributed by atoms with Crippen LogP contribution < -0.4 is 0 Å². The molecule has 0 heterocycles. The van der Waals surface area contributed by atoms with Crippen LogP contribution >= 0.6 is 0 Å². The van der Waals surface area contributed by atoms with Gasteiger partial charge >= 0.3 is 5.97 Å². The molecule has 1 aromatic carbocycles. The van der Waals surface area contributed by atoms with E-state index in [-0.39, 0.29) is 11.1 Å². The van der Waals surface area contributed by atoms with E-state index in [0.29, 0.717) is 6.29 Å². The average molecular weight is 206 g/mol. The summed E-state index contributed by atoms with van der Waals surface area (Å²) in [5.74, 6) is 3.10. The third-order valence-corrected chi connectivity index (χ3v) is 1.66. The van der Waals surface area contributed by atoms with E-state index in [4.69, 9.17) is 0 Å². The molecular weight excluding hydrogens is 199 g/mol. The van der Waals surface area contributed by atoms with Gasteiger partial charge in [-0.15, -0.1) is 0 Å². The predicted octanol–water partition coefficient (Wildman–Crippen LogP) is 1.16. The fraction of sp³-hybridized carbons (Fsp3) is 0.0909. The van der Waals surface area contributed by atoms with Crippen molar-refractivity contribution in [3.05, 3.63) is 35.1 Å². The molecule has 0 amide bonds. The summed E-state index contributed by atoms with van der Waals surface area (Å²) < 4.78 is 17.7. The van der Waals surface area contributed by atoms with Gasteiger partial charge in [-0.1, -0.05) is 5.92 Å². The van der Waals surface area contributed by atoms with Crippen LogP contribution in [0.1, 0.15) is 15.9 Å². The molecule has 1 rings (SSSR count). The van der Waals surface area contributed by atoms with Crippen molar-refractivity contribution in [2.75, 3.05) is 7.11 Å². The van der Waals surface area contributed by atoms with Crippen LogP contribution in [0.2, 0.25) is 0 Å². The van der Waals surface area contributed by atoms with E-state index >= 15 is 0 Å². The van der Waals surface area contributed by atoms with Gasteiger partial charge in [-0.25, -0.2) is 9.18 Å². The summed E-state index contributed by atoms with van der Waals surface area (Å²) in [6.45, 7) is 0. The number of hydrogen-bond donors (Lipinski definition) is 0. The van der Waals surface area contributed by atoms with Gasteiger partial charge in [0.05, 0.1) is 18.2 Å². The molecule has 0 saturated heterocycles. The molecule has 1 aromatic rings. The fourth-order valence-electron chi connectivity index (χ4n) is 0.969. The van der Waals surface area contributed by atoms with E-state index in [2.05, 4.69) is 16.6 Å². The summed E-state index contributed by atoms with van der Waals surface area (Å²) in [6.07, 6.45) is 0.369. The molecule has 0 atom stereocenters. The smallest absolute Gasteiger partial charge is 0.337 e. The maximum Gasteiger partial charge on any atom is 0.337 e. The summed E-state index contributed by atoms with van der Waals surface area (Å²) >= 11 is 0. The van der Waals surface area contributed by atoms with Gasteiger partial charge in [0.15, 0.2) is 6.29 Å². The first-order valence-corrected chi connectivity index (χ1v) is 4.02. The number of rotatable bonds is 1. The molecule has 0 spiro atoms. The number of hydrogen-bond acceptors (Lipinski definition) is 3. The van der Waals surface area contributed by atoms with E-state index in [0.717, 1.165) is 6.07 Å². The highest BCUT2D eigenvalue weighted by molar-refractivity contribution is 5.89. The van der Waals surface area contributed by atoms with Crippen molar-refractivity contribution in [3.8, 4) is 11.8 Å². The second kappa shape index (κ2) is 4.91. The number of benzene rings is 1. The van der Waals surface area contributed by atoms with E-state index < -0.39 is 11.8 Å². The molecule has 0 fully saturated rings. The maximum absolute atomic E-state index is 13.2. The van der Waals surface area contributed by atoms with E-state index in [1.54, 1.807) is 0 Å². The van der Waals surface area contributed by atoms with Gasteiger partial charge < -0.3 is 4.74 Å². The van der Waals surface area contributed by atoms with Gasteiger partial charge in [-0.05, 0) is 24.1 Å². The highest BCUT2D eigenvalue weighted by atomic mass is 19.1. The van der Waals surface area contributed by atoms with Crippen molar-refractivity contribution < 1.29 is 18.7 Å². The highest BCUT2D eigenvalue weighted by Gasteiger charge is 2.08. The third-order valence-electron chi connectivity index (χ3n) is 1.66. The zero-order valence-corrected chi connectivity index (χ0v) is 7.91. The van der Waals surface area contributed by atoms with Crippen molar-refractivity contribution in [3.63, 3.8) is 0 Å². The van der Waals surface area contributed by atoms with Crippen LogP contribution in [0.25, 0.3) is 0 Å². The Morgan fingerprint density at radius 3 is 2.80 bits per heavy atom. The highest BCUT2D eigenvalue weighted by Crippen LogP contribution is 2.10. The molecule has 0 N–H and O–H groups in total. The summed E-state index contributed by atoms with van der Waals surface area (Å²) in [6, 6.07) is 3.71. The van der Waals surface area contributed by atoms with Crippen LogP contribution in [-0.4, -0.2) is 19.4 Å². The topological polar surface area (TPSA) is 43.4 Å². The standard InChI is InChI=1S/C11H7FO3/c1-15-11(14)9-5-4-8(3-2-6-13)10(12)7-9/h4-7H,1H3. The molecule has 15 heavy (non-hydrogen) atoms. The van der Waals surface area contributed by atoms with E-state index in [9.17, 15) is 14.0 Å². The molecule has 0 aliphatic heterocycles. The minimum absolute atomic E-state index is 0.0646. The number of carbonyl (C=O) groups is 2. The number of ether oxygens (including phenoxy) is 1. The number of carbonyl (C=O) groups excluding carboxylic acids is 2. The minimum Gasteiger partial charge on any atom is -0.465 e. The average Bonchev–Trinajstić information content (AvgIpc) is 2.26. The fourth-order valence-corrected chi connectivity index (χ4v) is 0.969. The Balaban J connectivity index is 3.08. The Labute approximate surface area is 85.9 Å². The molecule has 3 nitrogen and oxygen atoms in total. The molecule has 0 saturated carbocycles. The lowest BCUT2D eigenvalue weighted by Gasteiger charge is -1.99. The summed E-state index contributed by atoms with van der Waals surface area (Å²) in [4.78, 5) is 21.0. The molecule has 0 unspecified atom stereocenters. The lowest BCUT2D eigenvalue weighted by Crippen LogP contribution is -2.02. The molecule has 4 heteroatoms. The number of halogens is 1. The zero-order valence-electron chi connectivity index (χ0n) is 7.91. The van der Waals surface area contributed by atoms with E-state index in [1.165, 1.54) is 19.2 Å². The van der Waals surface area contributed by atoms with Gasteiger partial charge in [0, 0.05) is 0 Å². The molecule has 0 radical (unpaired) electrons. The second-order valence-electron chi connectivity index (χ2n) is 2.57. The van der Waals surface area contributed by atoms with Crippen molar-refractivity contribution in [2.45, 2.75) is 0 Å². The van der Waals surface area contributed by atoms with E-state index in [1.807, 2.05) is 0 Å². The Kier molecular flexibility index (Phi) is 3.58. The van der Waals surface area contributed by atoms with Crippen LogP contribution in [-0.2, 0) is 9.53 Å². The van der Waals surface area contributed by atoms with Crippen molar-refractivity contribution >= 4 is 12.3 Å². The normalized spacial score (nSPS) is 8.67. The number of esters is 1. The largest absolute Gasteiger partial charge is 0.465 e. The van der Waals surface area contributed by atoms with Gasteiger partial charge in [0.2, 0.25) is 0 Å². The number of methoxy groups -OCH3 is 1. The molecule has 0 aliphatic carbocycles. The van der Waals surface area contributed by atoms with Crippen LogP contribution in [0.15, 0.2) is 18.2 Å². The lowest BCUT2D eigenvalue weighted by molar-refractivity contribution is -0.103. The van der Waals surface area contributed by atoms with Crippen LogP contribution in [0.3, 0.4) is 0 Å². The quantitative estimate of drug-likeness (QED) is 0.393. The summed E-state index contributed by atoms with van der Waals surface area (Å²) in [5.41, 5.74) is 0.168. The molecule has 0 aromatic heterocycles. The first-order chi connectivity index (χ1) is 7.19. The Morgan fingerprint density at radius 1 is 1.53 bits per heavy atom. The Hall–Kier alpha value is -2.15. The van der Waals surface area contributed by atoms with Crippen LogP contribution in [0, 0.1) is 17.7 Å². The Morgan fingerprint density at radius 2 is 2.27 bits per heavy atom. The summed E-state index contributed by atoms with van der Waals surface area (Å²) in [5, 5.41) is 0. The van der Waals surface area contributed by atoms with Crippen molar-refractivity contribution in [1.29, 1.82) is 0 Å². The number of aldehydes is 1. The van der Waals surface area contributed by atoms with Gasteiger partial charge in [-0.2, -0.15) is 0 Å². The van der Waals surface area contributed by atoms with Crippen LogP contribution in [0.4, 0.5) is 4.39 Å². The Bertz CT molecular complexity index is 455. The lowest BCUT2D eigenvalue weighted by atomic mass is 10.1. The minimum atomic E-state index is -0.660. The first-order valence-electron chi connectivity index (χ1n) is 4.02. The molecule has 0 bridgehead atoms. The first kappa shape index (κ1) is 10.9. The summed E-state index contributed by atoms with van der Waals surface area (Å²) in [7, 11) is 1.21. The molecule has 0 aliphatic rings. The predicted molar refractivity (Wildman–Crippen MR) is 50.7 cm³/mol. The van der Waals surface area contributed by atoms with Gasteiger partial charge in [-0.3, -0.25) is 4.79 Å². The monoisotopic (exact) mass is 206 g/mol.